The normalized spacial score (nSPS) is 19.9. The zero-order chi connectivity index (χ0) is 25.5. The van der Waals surface area contributed by atoms with Crippen LogP contribution in [0.1, 0.15) is 67.7 Å². The summed E-state index contributed by atoms with van der Waals surface area (Å²) in [6, 6.07) is 17.2. The van der Waals surface area contributed by atoms with Crippen molar-refractivity contribution in [2.24, 2.45) is 0 Å². The predicted octanol–water partition coefficient (Wildman–Crippen LogP) is 5.35. The molecule has 2 aromatic carbocycles. The lowest BCUT2D eigenvalue weighted by Gasteiger charge is -2.30. The van der Waals surface area contributed by atoms with Crippen LogP contribution < -0.4 is 0 Å². The van der Waals surface area contributed by atoms with Gasteiger partial charge in [-0.2, -0.15) is 4.98 Å². The van der Waals surface area contributed by atoms with Crippen molar-refractivity contribution in [3.05, 3.63) is 71.5 Å². The first kappa shape index (κ1) is 24.0. The van der Waals surface area contributed by atoms with E-state index in [1.165, 1.54) is 12.7 Å². The van der Waals surface area contributed by atoms with Gasteiger partial charge in [0.15, 0.2) is 5.82 Å². The van der Waals surface area contributed by atoms with E-state index in [2.05, 4.69) is 22.3 Å². The molecule has 1 heterocycles. The molecule has 2 aliphatic carbocycles. The second-order valence-electron chi connectivity index (χ2n) is 10.7. The summed E-state index contributed by atoms with van der Waals surface area (Å²) < 4.78 is 16.1. The maximum absolute atomic E-state index is 13.3. The molecule has 8 heteroatoms. The van der Waals surface area contributed by atoms with Gasteiger partial charge in [0.25, 0.3) is 5.89 Å². The second-order valence-corrected chi connectivity index (χ2v) is 10.7. The van der Waals surface area contributed by atoms with Crippen LogP contribution in [0.5, 0.6) is 0 Å². The van der Waals surface area contributed by atoms with E-state index < -0.39 is 11.6 Å². The topological polar surface area (TPSA) is 94.8 Å². The highest BCUT2D eigenvalue weighted by Crippen LogP contribution is 2.52. The number of esters is 1. The van der Waals surface area contributed by atoms with Crippen molar-refractivity contribution in [1.29, 1.82) is 0 Å². The maximum atomic E-state index is 13.3. The van der Waals surface area contributed by atoms with E-state index in [1.807, 2.05) is 43.9 Å². The fourth-order valence-electron chi connectivity index (χ4n) is 4.57. The lowest BCUT2D eigenvalue weighted by Crippen LogP contribution is -2.43. The molecule has 2 atom stereocenters. The van der Waals surface area contributed by atoms with Gasteiger partial charge in [0.1, 0.15) is 5.60 Å². The summed E-state index contributed by atoms with van der Waals surface area (Å²) >= 11 is 0. The Morgan fingerprint density at radius 3 is 2.39 bits per heavy atom. The predicted molar refractivity (Wildman–Crippen MR) is 133 cm³/mol. The number of methoxy groups -OCH3 is 1. The zero-order valence-corrected chi connectivity index (χ0v) is 21.1. The van der Waals surface area contributed by atoms with Crippen molar-refractivity contribution in [1.82, 2.24) is 15.0 Å². The summed E-state index contributed by atoms with van der Waals surface area (Å²) in [7, 11) is 1.35. The van der Waals surface area contributed by atoms with E-state index in [1.54, 1.807) is 24.3 Å². The maximum Gasteiger partial charge on any atom is 0.410 e. The second kappa shape index (κ2) is 9.08. The van der Waals surface area contributed by atoms with Gasteiger partial charge in [-0.05, 0) is 69.9 Å². The van der Waals surface area contributed by atoms with Crippen LogP contribution >= 0.6 is 0 Å². The van der Waals surface area contributed by atoms with Crippen LogP contribution in [-0.2, 0) is 14.9 Å². The van der Waals surface area contributed by atoms with E-state index in [0.717, 1.165) is 19.3 Å². The molecular weight excluding hydrogens is 458 g/mol. The van der Waals surface area contributed by atoms with Gasteiger partial charge in [0, 0.05) is 24.1 Å². The molecule has 0 saturated heterocycles. The van der Waals surface area contributed by atoms with Gasteiger partial charge >= 0.3 is 12.1 Å². The number of benzene rings is 2. The van der Waals surface area contributed by atoms with Crippen LogP contribution in [-0.4, -0.2) is 52.4 Å². The van der Waals surface area contributed by atoms with Gasteiger partial charge in [0.2, 0.25) is 0 Å². The van der Waals surface area contributed by atoms with Crippen LogP contribution in [0.2, 0.25) is 0 Å². The molecule has 0 N–H and O–H groups in total. The molecule has 3 aromatic rings. The highest BCUT2D eigenvalue weighted by Gasteiger charge is 2.55. The third kappa shape index (κ3) is 4.98. The molecule has 1 amide bonds. The lowest BCUT2D eigenvalue weighted by atomic mass is 10.1. The van der Waals surface area contributed by atoms with Gasteiger partial charge < -0.3 is 18.9 Å². The highest BCUT2D eigenvalue weighted by molar-refractivity contribution is 5.89. The Labute approximate surface area is 210 Å². The van der Waals surface area contributed by atoms with E-state index in [-0.39, 0.29) is 17.6 Å². The molecule has 36 heavy (non-hydrogen) atoms. The summed E-state index contributed by atoms with van der Waals surface area (Å²) in [5.74, 6) is 0.870. The molecular formula is C28H31N3O5. The van der Waals surface area contributed by atoms with Crippen molar-refractivity contribution in [2.45, 2.75) is 63.0 Å². The quantitative estimate of drug-likeness (QED) is 0.413. The Balaban J connectivity index is 1.35. The monoisotopic (exact) mass is 489 g/mol. The Morgan fingerprint density at radius 1 is 1.08 bits per heavy atom. The minimum Gasteiger partial charge on any atom is -0.465 e. The first-order valence-electron chi connectivity index (χ1n) is 12.3. The number of amides is 1. The standard InChI is InChI=1S/C28H31N3O5/c1-27(2,3)35-26(33)31(22-16-21(22)18-8-6-5-7-9-18)17-28(14-15-28)25-29-23(36-30-25)19-10-12-20(13-11-19)24(32)34-4/h5-13,21-22H,14-17H2,1-4H3. The molecule has 2 fully saturated rings. The number of carbonyl (C=O) groups is 2. The van der Waals surface area contributed by atoms with Gasteiger partial charge in [-0.25, -0.2) is 9.59 Å². The smallest absolute Gasteiger partial charge is 0.410 e. The van der Waals surface area contributed by atoms with E-state index in [4.69, 9.17) is 14.0 Å². The molecule has 0 aliphatic heterocycles. The Morgan fingerprint density at radius 2 is 1.78 bits per heavy atom. The molecule has 2 unspecified atom stereocenters. The average molecular weight is 490 g/mol. The first-order chi connectivity index (χ1) is 17.2. The van der Waals surface area contributed by atoms with Gasteiger partial charge in [-0.15, -0.1) is 0 Å². The van der Waals surface area contributed by atoms with E-state index in [0.29, 0.717) is 35.3 Å². The summed E-state index contributed by atoms with van der Waals surface area (Å²) in [5.41, 5.74) is 1.46. The van der Waals surface area contributed by atoms with Crippen LogP contribution in [0.25, 0.3) is 11.5 Å². The summed E-state index contributed by atoms with van der Waals surface area (Å²) in [4.78, 5) is 31.6. The number of nitrogens with zero attached hydrogens (tertiary/aromatic N) is 3. The Kier molecular flexibility index (Phi) is 6.06. The van der Waals surface area contributed by atoms with Crippen molar-refractivity contribution < 1.29 is 23.6 Å². The molecule has 0 spiro atoms. The minimum absolute atomic E-state index is 0.0805. The summed E-state index contributed by atoms with van der Waals surface area (Å²) in [6.07, 6.45) is 2.34. The van der Waals surface area contributed by atoms with E-state index in [9.17, 15) is 9.59 Å². The molecule has 188 valence electrons. The summed E-state index contributed by atoms with van der Waals surface area (Å²) in [5, 5.41) is 4.29. The average Bonchev–Trinajstić information content (AvgIpc) is 3.78. The van der Waals surface area contributed by atoms with Gasteiger partial charge in [-0.3, -0.25) is 0 Å². The van der Waals surface area contributed by atoms with Gasteiger partial charge in [-0.1, -0.05) is 35.5 Å². The Bertz CT molecular complexity index is 1240. The van der Waals surface area contributed by atoms with Crippen LogP contribution in [0.15, 0.2) is 59.1 Å². The molecule has 2 aliphatic rings. The Hall–Kier alpha value is -3.68. The van der Waals surface area contributed by atoms with E-state index >= 15 is 0 Å². The molecule has 2 saturated carbocycles. The van der Waals surface area contributed by atoms with Crippen LogP contribution in [0, 0.1) is 0 Å². The number of rotatable bonds is 7. The van der Waals surface area contributed by atoms with Crippen molar-refractivity contribution in [2.75, 3.05) is 13.7 Å². The van der Waals surface area contributed by atoms with Gasteiger partial charge in [0.05, 0.1) is 18.1 Å². The van der Waals surface area contributed by atoms with Crippen LogP contribution in [0.3, 0.4) is 0 Å². The van der Waals surface area contributed by atoms with Crippen molar-refractivity contribution >= 4 is 12.1 Å². The lowest BCUT2D eigenvalue weighted by molar-refractivity contribution is 0.0208. The fourth-order valence-corrected chi connectivity index (χ4v) is 4.57. The number of aromatic nitrogens is 2. The molecule has 5 rings (SSSR count). The summed E-state index contributed by atoms with van der Waals surface area (Å²) in [6.45, 7) is 6.13. The molecule has 0 bridgehead atoms. The first-order valence-corrected chi connectivity index (χ1v) is 12.3. The molecule has 8 nitrogen and oxygen atoms in total. The highest BCUT2D eigenvalue weighted by atomic mass is 16.6. The molecule has 1 aromatic heterocycles. The fraction of sp³-hybridized carbons (Fsp3) is 0.429. The number of carbonyl (C=O) groups excluding carboxylic acids is 2. The van der Waals surface area contributed by atoms with Crippen molar-refractivity contribution in [3.63, 3.8) is 0 Å². The minimum atomic E-state index is -0.584. The SMILES string of the molecule is COC(=O)c1ccc(-c2nc(C3(CN(C(=O)OC(C)(C)C)C4CC4c4ccccc4)CC3)no2)cc1. The van der Waals surface area contributed by atoms with Crippen molar-refractivity contribution in [3.8, 4) is 11.5 Å². The number of hydrogen-bond acceptors (Lipinski definition) is 7. The zero-order valence-electron chi connectivity index (χ0n) is 21.1. The largest absolute Gasteiger partial charge is 0.465 e. The number of ether oxygens (including phenoxy) is 2. The number of hydrogen-bond donors (Lipinski definition) is 0. The van der Waals surface area contributed by atoms with Crippen LogP contribution in [0.4, 0.5) is 4.79 Å². The third-order valence-electron chi connectivity index (χ3n) is 6.79. The molecule has 0 radical (unpaired) electrons. The third-order valence-corrected chi connectivity index (χ3v) is 6.79.